The van der Waals surface area contributed by atoms with E-state index in [4.69, 9.17) is 23.2 Å². The van der Waals surface area contributed by atoms with Crippen molar-refractivity contribution in [2.45, 2.75) is 13.5 Å². The molecule has 0 bridgehead atoms. The van der Waals surface area contributed by atoms with E-state index in [1.54, 1.807) is 11.3 Å². The molecule has 112 valence electrons. The van der Waals surface area contributed by atoms with Crippen LogP contribution < -0.4 is 4.90 Å². The van der Waals surface area contributed by atoms with Gasteiger partial charge in [0.15, 0.2) is 0 Å². The van der Waals surface area contributed by atoms with E-state index in [1.807, 2.05) is 19.1 Å². The monoisotopic (exact) mass is 342 g/mol. The van der Waals surface area contributed by atoms with Crippen LogP contribution in [0.3, 0.4) is 0 Å². The van der Waals surface area contributed by atoms with E-state index in [1.165, 1.54) is 4.88 Å². The Morgan fingerprint density at radius 1 is 1.14 bits per heavy atom. The van der Waals surface area contributed by atoms with Crippen LogP contribution in [0.25, 0.3) is 0 Å². The van der Waals surface area contributed by atoms with Crippen LogP contribution in [-0.2, 0) is 6.54 Å². The quantitative estimate of drug-likeness (QED) is 0.799. The molecule has 0 radical (unpaired) electrons. The van der Waals surface area contributed by atoms with Crippen LogP contribution >= 0.6 is 34.5 Å². The number of hydrogen-bond acceptors (Lipinski definition) is 5. The van der Waals surface area contributed by atoms with Crippen molar-refractivity contribution >= 4 is 40.4 Å². The predicted molar refractivity (Wildman–Crippen MR) is 88.6 cm³/mol. The van der Waals surface area contributed by atoms with Gasteiger partial charge in [-0.25, -0.2) is 9.97 Å². The van der Waals surface area contributed by atoms with E-state index in [-0.39, 0.29) is 0 Å². The van der Waals surface area contributed by atoms with E-state index in [9.17, 15) is 0 Å². The van der Waals surface area contributed by atoms with Gasteiger partial charge in [0.05, 0.1) is 4.34 Å². The summed E-state index contributed by atoms with van der Waals surface area (Å²) in [6, 6.07) is 5.90. The zero-order valence-electron chi connectivity index (χ0n) is 11.7. The van der Waals surface area contributed by atoms with Gasteiger partial charge in [-0.2, -0.15) is 0 Å². The fourth-order valence-corrected chi connectivity index (χ4v) is 3.82. The van der Waals surface area contributed by atoms with Crippen molar-refractivity contribution in [3.63, 3.8) is 0 Å². The molecule has 7 heteroatoms. The molecule has 2 aromatic heterocycles. The topological polar surface area (TPSA) is 32.3 Å². The maximum absolute atomic E-state index is 6.01. The Labute approximate surface area is 138 Å². The third-order valence-corrected chi connectivity index (χ3v) is 4.91. The molecule has 0 aromatic carbocycles. The van der Waals surface area contributed by atoms with Crippen LogP contribution in [0.2, 0.25) is 9.49 Å². The lowest BCUT2D eigenvalue weighted by molar-refractivity contribution is 0.251. The number of thiophene rings is 1. The van der Waals surface area contributed by atoms with E-state index in [0.717, 1.165) is 42.9 Å². The number of halogens is 2. The minimum absolute atomic E-state index is 0.508. The van der Waals surface area contributed by atoms with Gasteiger partial charge >= 0.3 is 0 Å². The number of piperazine rings is 1. The van der Waals surface area contributed by atoms with Gasteiger partial charge in [-0.1, -0.05) is 23.2 Å². The third kappa shape index (κ3) is 3.86. The molecular weight excluding hydrogens is 327 g/mol. The van der Waals surface area contributed by atoms with Crippen molar-refractivity contribution in [1.29, 1.82) is 0 Å². The Bertz CT molecular complexity index is 603. The molecule has 0 saturated carbocycles. The van der Waals surface area contributed by atoms with Crippen molar-refractivity contribution in [3.8, 4) is 0 Å². The van der Waals surface area contributed by atoms with Crippen LogP contribution in [0.4, 0.5) is 5.82 Å². The first-order chi connectivity index (χ1) is 10.1. The van der Waals surface area contributed by atoms with Gasteiger partial charge in [-0.3, -0.25) is 4.90 Å². The highest BCUT2D eigenvalue weighted by Crippen LogP contribution is 2.24. The first-order valence-corrected chi connectivity index (χ1v) is 8.40. The first-order valence-electron chi connectivity index (χ1n) is 6.83. The van der Waals surface area contributed by atoms with Crippen LogP contribution in [-0.4, -0.2) is 41.0 Å². The van der Waals surface area contributed by atoms with Gasteiger partial charge in [0, 0.05) is 43.7 Å². The molecular formula is C14H16Cl2N4S. The number of anilines is 1. The fourth-order valence-electron chi connectivity index (χ4n) is 2.47. The average molecular weight is 343 g/mol. The second-order valence-electron chi connectivity index (χ2n) is 5.07. The van der Waals surface area contributed by atoms with E-state index in [0.29, 0.717) is 11.0 Å². The summed E-state index contributed by atoms with van der Waals surface area (Å²) in [5.41, 5.74) is 0. The van der Waals surface area contributed by atoms with Crippen LogP contribution in [0.15, 0.2) is 18.2 Å². The Morgan fingerprint density at radius 2 is 1.90 bits per heavy atom. The Hall–Kier alpha value is -0.880. The molecule has 1 fully saturated rings. The highest BCUT2D eigenvalue weighted by molar-refractivity contribution is 7.16. The molecule has 0 aliphatic carbocycles. The van der Waals surface area contributed by atoms with Gasteiger partial charge in [-0.15, -0.1) is 11.3 Å². The minimum Gasteiger partial charge on any atom is -0.354 e. The molecule has 0 atom stereocenters. The zero-order chi connectivity index (χ0) is 14.8. The molecule has 21 heavy (non-hydrogen) atoms. The molecule has 1 aliphatic rings. The van der Waals surface area contributed by atoms with Gasteiger partial charge in [0.2, 0.25) is 0 Å². The summed E-state index contributed by atoms with van der Waals surface area (Å²) in [6.45, 7) is 6.76. The fraction of sp³-hybridized carbons (Fsp3) is 0.429. The van der Waals surface area contributed by atoms with Crippen molar-refractivity contribution in [1.82, 2.24) is 14.9 Å². The normalized spacial score (nSPS) is 16.4. The average Bonchev–Trinajstić information content (AvgIpc) is 2.84. The van der Waals surface area contributed by atoms with E-state index in [2.05, 4.69) is 25.8 Å². The molecule has 0 unspecified atom stereocenters. The Morgan fingerprint density at radius 3 is 2.52 bits per heavy atom. The molecule has 0 N–H and O–H groups in total. The minimum atomic E-state index is 0.508. The highest BCUT2D eigenvalue weighted by Gasteiger charge is 2.19. The highest BCUT2D eigenvalue weighted by atomic mass is 35.5. The van der Waals surface area contributed by atoms with Gasteiger partial charge in [-0.05, 0) is 19.1 Å². The second-order valence-corrected chi connectivity index (χ2v) is 7.25. The summed E-state index contributed by atoms with van der Waals surface area (Å²) in [5, 5.41) is 0.508. The number of hydrogen-bond donors (Lipinski definition) is 0. The lowest BCUT2D eigenvalue weighted by atomic mass is 10.3. The molecule has 4 nitrogen and oxygen atoms in total. The first kappa shape index (κ1) is 15.0. The molecule has 3 rings (SSSR count). The van der Waals surface area contributed by atoms with Gasteiger partial charge in [0.25, 0.3) is 0 Å². The Kier molecular flexibility index (Phi) is 4.64. The largest absolute Gasteiger partial charge is 0.354 e. The summed E-state index contributed by atoms with van der Waals surface area (Å²) in [6.07, 6.45) is 0. The molecule has 0 amide bonds. The van der Waals surface area contributed by atoms with Crippen molar-refractivity contribution < 1.29 is 0 Å². The lowest BCUT2D eigenvalue weighted by Gasteiger charge is -2.35. The summed E-state index contributed by atoms with van der Waals surface area (Å²) >= 11 is 13.6. The number of aromatic nitrogens is 2. The summed E-state index contributed by atoms with van der Waals surface area (Å²) in [5.74, 6) is 1.64. The van der Waals surface area contributed by atoms with Gasteiger partial charge in [0.1, 0.15) is 16.8 Å². The van der Waals surface area contributed by atoms with Crippen LogP contribution in [0.5, 0.6) is 0 Å². The summed E-state index contributed by atoms with van der Waals surface area (Å²) < 4.78 is 0.856. The van der Waals surface area contributed by atoms with E-state index >= 15 is 0 Å². The van der Waals surface area contributed by atoms with Crippen molar-refractivity contribution in [2.75, 3.05) is 31.1 Å². The van der Waals surface area contributed by atoms with Crippen LogP contribution in [0.1, 0.15) is 10.7 Å². The summed E-state index contributed by atoms with van der Waals surface area (Å²) in [7, 11) is 0. The predicted octanol–water partition coefficient (Wildman–Crippen LogP) is 3.48. The number of rotatable bonds is 3. The molecule has 3 heterocycles. The molecule has 1 saturated heterocycles. The maximum Gasteiger partial charge on any atom is 0.134 e. The van der Waals surface area contributed by atoms with Crippen molar-refractivity contribution in [2.24, 2.45) is 0 Å². The lowest BCUT2D eigenvalue weighted by Crippen LogP contribution is -2.46. The second kappa shape index (κ2) is 6.48. The van der Waals surface area contributed by atoms with Crippen LogP contribution in [0, 0.1) is 6.92 Å². The maximum atomic E-state index is 6.01. The van der Waals surface area contributed by atoms with Gasteiger partial charge < -0.3 is 4.90 Å². The standard InChI is InChI=1S/C14H16Cl2N4S/c1-10-17-12(15)8-14(18-10)20-6-4-19(5-7-20)9-11-2-3-13(16)21-11/h2-3,8H,4-7,9H2,1H3. The Balaban J connectivity index is 1.59. The molecule has 1 aliphatic heterocycles. The molecule has 2 aromatic rings. The zero-order valence-corrected chi connectivity index (χ0v) is 14.0. The number of nitrogens with zero attached hydrogens (tertiary/aromatic N) is 4. The molecule has 0 spiro atoms. The van der Waals surface area contributed by atoms with E-state index < -0.39 is 0 Å². The SMILES string of the molecule is Cc1nc(Cl)cc(N2CCN(Cc3ccc(Cl)s3)CC2)n1. The summed E-state index contributed by atoms with van der Waals surface area (Å²) in [4.78, 5) is 14.6. The van der Waals surface area contributed by atoms with Crippen molar-refractivity contribution in [3.05, 3.63) is 38.4 Å². The smallest absolute Gasteiger partial charge is 0.134 e. The number of aryl methyl sites for hydroxylation is 1. The third-order valence-electron chi connectivity index (χ3n) is 3.50.